The minimum absolute atomic E-state index is 0.00436. The minimum atomic E-state index is -0.230. The summed E-state index contributed by atoms with van der Waals surface area (Å²) in [7, 11) is 0. The van der Waals surface area contributed by atoms with Gasteiger partial charge >= 0.3 is 0 Å². The molecule has 0 saturated heterocycles. The predicted molar refractivity (Wildman–Crippen MR) is 103 cm³/mol. The van der Waals surface area contributed by atoms with Crippen molar-refractivity contribution in [3.63, 3.8) is 0 Å². The van der Waals surface area contributed by atoms with Gasteiger partial charge in [-0.2, -0.15) is 0 Å². The van der Waals surface area contributed by atoms with Gasteiger partial charge in [-0.3, -0.25) is 4.79 Å². The minimum Gasteiger partial charge on any atom is -0.486 e. The molecule has 2 aromatic rings. The lowest BCUT2D eigenvalue weighted by atomic mass is 9.87. The fourth-order valence-electron chi connectivity index (χ4n) is 3.22. The molecular formula is C21H24ClNO3. The van der Waals surface area contributed by atoms with E-state index in [0.29, 0.717) is 18.2 Å². The Labute approximate surface area is 159 Å². The summed E-state index contributed by atoms with van der Waals surface area (Å²) in [5, 5.41) is 3.80. The predicted octanol–water partition coefficient (Wildman–Crippen LogP) is 4.73. The number of ether oxygens (including phenoxy) is 2. The Morgan fingerprint density at radius 2 is 1.58 bits per heavy atom. The molecule has 4 nitrogen and oxygen atoms in total. The molecule has 0 aromatic heterocycles. The standard InChI is InChI=1S/C21H24ClNO3/c1-13(2)20(15-4-7-17(22)8-5-15)21(24)23-14(3)16-6-9-18-19(12-16)26-11-10-25-18/h4-9,12-14,20H,10-11H2,1-3H3,(H,23,24)/t14-,20+/m1/s1. The Bertz CT molecular complexity index is 773. The van der Waals surface area contributed by atoms with Gasteiger partial charge in [-0.1, -0.05) is 43.6 Å². The van der Waals surface area contributed by atoms with Gasteiger partial charge in [0.15, 0.2) is 11.5 Å². The topological polar surface area (TPSA) is 47.6 Å². The van der Waals surface area contributed by atoms with Crippen molar-refractivity contribution in [3.05, 3.63) is 58.6 Å². The highest BCUT2D eigenvalue weighted by molar-refractivity contribution is 6.30. The molecule has 0 saturated carbocycles. The van der Waals surface area contributed by atoms with Crippen LogP contribution >= 0.6 is 11.6 Å². The van der Waals surface area contributed by atoms with Crippen LogP contribution in [-0.4, -0.2) is 19.1 Å². The molecule has 0 bridgehead atoms. The second-order valence-corrected chi connectivity index (χ2v) is 7.34. The number of rotatable bonds is 5. The second kappa shape index (κ2) is 8.00. The van der Waals surface area contributed by atoms with Crippen LogP contribution in [0, 0.1) is 5.92 Å². The van der Waals surface area contributed by atoms with E-state index in [9.17, 15) is 4.79 Å². The smallest absolute Gasteiger partial charge is 0.228 e. The van der Waals surface area contributed by atoms with Gasteiger partial charge in [-0.15, -0.1) is 0 Å². The average Bonchev–Trinajstić information content (AvgIpc) is 2.62. The Hall–Kier alpha value is -2.20. The molecule has 0 radical (unpaired) electrons. The molecule has 2 aromatic carbocycles. The van der Waals surface area contributed by atoms with Gasteiger partial charge in [0, 0.05) is 5.02 Å². The van der Waals surface area contributed by atoms with E-state index in [1.165, 1.54) is 0 Å². The number of benzene rings is 2. The van der Waals surface area contributed by atoms with Gasteiger partial charge in [-0.05, 0) is 48.2 Å². The highest BCUT2D eigenvalue weighted by atomic mass is 35.5. The van der Waals surface area contributed by atoms with Crippen LogP contribution in [0.5, 0.6) is 11.5 Å². The first kappa shape index (κ1) is 18.6. The van der Waals surface area contributed by atoms with E-state index in [1.807, 2.05) is 63.2 Å². The molecular weight excluding hydrogens is 350 g/mol. The molecule has 0 unspecified atom stereocenters. The van der Waals surface area contributed by atoms with Gasteiger partial charge in [0.1, 0.15) is 13.2 Å². The van der Waals surface area contributed by atoms with Crippen molar-refractivity contribution in [3.8, 4) is 11.5 Å². The molecule has 1 amide bonds. The van der Waals surface area contributed by atoms with Crippen molar-refractivity contribution >= 4 is 17.5 Å². The van der Waals surface area contributed by atoms with Crippen LogP contribution < -0.4 is 14.8 Å². The quantitative estimate of drug-likeness (QED) is 0.824. The Morgan fingerprint density at radius 1 is 0.962 bits per heavy atom. The summed E-state index contributed by atoms with van der Waals surface area (Å²) < 4.78 is 11.2. The van der Waals surface area contributed by atoms with Crippen LogP contribution in [0.25, 0.3) is 0 Å². The number of nitrogens with one attached hydrogen (secondary N) is 1. The fourth-order valence-corrected chi connectivity index (χ4v) is 3.35. The Balaban J connectivity index is 1.75. The van der Waals surface area contributed by atoms with E-state index in [1.54, 1.807) is 0 Å². The number of halogens is 1. The monoisotopic (exact) mass is 373 g/mol. The molecule has 0 spiro atoms. The first-order valence-corrected chi connectivity index (χ1v) is 9.29. The molecule has 26 heavy (non-hydrogen) atoms. The fraction of sp³-hybridized carbons (Fsp3) is 0.381. The summed E-state index contributed by atoms with van der Waals surface area (Å²) in [5.41, 5.74) is 1.96. The van der Waals surface area contributed by atoms with Crippen LogP contribution in [0.3, 0.4) is 0 Å². The number of carbonyl (C=O) groups excluding carboxylic acids is 1. The molecule has 1 heterocycles. The van der Waals surface area contributed by atoms with E-state index >= 15 is 0 Å². The third kappa shape index (κ3) is 4.13. The van der Waals surface area contributed by atoms with Crippen molar-refractivity contribution in [2.75, 3.05) is 13.2 Å². The third-order valence-corrected chi connectivity index (χ3v) is 4.86. The van der Waals surface area contributed by atoms with Gasteiger partial charge in [0.25, 0.3) is 0 Å². The maximum atomic E-state index is 12.9. The molecule has 2 atom stereocenters. The molecule has 3 rings (SSSR count). The van der Waals surface area contributed by atoms with Crippen LogP contribution in [0.2, 0.25) is 5.02 Å². The summed E-state index contributed by atoms with van der Waals surface area (Å²) in [6, 6.07) is 13.1. The van der Waals surface area contributed by atoms with Crippen molar-refractivity contribution in [1.82, 2.24) is 5.32 Å². The summed E-state index contributed by atoms with van der Waals surface area (Å²) in [6.45, 7) is 7.18. The van der Waals surface area contributed by atoms with Crippen molar-refractivity contribution < 1.29 is 14.3 Å². The lowest BCUT2D eigenvalue weighted by molar-refractivity contribution is -0.124. The number of amides is 1. The zero-order chi connectivity index (χ0) is 18.7. The maximum absolute atomic E-state index is 12.9. The van der Waals surface area contributed by atoms with E-state index in [0.717, 1.165) is 22.6 Å². The van der Waals surface area contributed by atoms with Gasteiger partial charge in [0.05, 0.1) is 12.0 Å². The summed E-state index contributed by atoms with van der Waals surface area (Å²) in [6.07, 6.45) is 0. The lowest BCUT2D eigenvalue weighted by Gasteiger charge is -2.25. The number of carbonyl (C=O) groups is 1. The van der Waals surface area contributed by atoms with E-state index in [4.69, 9.17) is 21.1 Å². The summed E-state index contributed by atoms with van der Waals surface area (Å²) in [4.78, 5) is 12.9. The molecule has 5 heteroatoms. The zero-order valence-electron chi connectivity index (χ0n) is 15.3. The van der Waals surface area contributed by atoms with Crippen molar-refractivity contribution in [1.29, 1.82) is 0 Å². The number of hydrogen-bond acceptors (Lipinski definition) is 3. The van der Waals surface area contributed by atoms with Gasteiger partial charge < -0.3 is 14.8 Å². The Morgan fingerprint density at radius 3 is 2.23 bits per heavy atom. The summed E-state index contributed by atoms with van der Waals surface area (Å²) in [5.74, 6) is 1.42. The summed E-state index contributed by atoms with van der Waals surface area (Å²) >= 11 is 5.98. The van der Waals surface area contributed by atoms with Crippen LogP contribution in [0.4, 0.5) is 0 Å². The van der Waals surface area contributed by atoms with Crippen LogP contribution in [0.15, 0.2) is 42.5 Å². The molecule has 1 aliphatic heterocycles. The zero-order valence-corrected chi connectivity index (χ0v) is 16.0. The van der Waals surface area contributed by atoms with Crippen molar-refractivity contribution in [2.45, 2.75) is 32.7 Å². The van der Waals surface area contributed by atoms with Crippen LogP contribution in [-0.2, 0) is 4.79 Å². The highest BCUT2D eigenvalue weighted by Crippen LogP contribution is 2.33. The Kier molecular flexibility index (Phi) is 5.72. The first-order valence-electron chi connectivity index (χ1n) is 8.91. The number of fused-ring (bicyclic) bond motifs is 1. The molecule has 1 aliphatic rings. The SMILES string of the molecule is CC(C)[C@H](C(=O)N[C@H](C)c1ccc2c(c1)OCCO2)c1ccc(Cl)cc1. The first-order chi connectivity index (χ1) is 12.5. The second-order valence-electron chi connectivity index (χ2n) is 6.91. The molecule has 0 aliphatic carbocycles. The van der Waals surface area contributed by atoms with E-state index < -0.39 is 0 Å². The normalized spacial score (nSPS) is 15.4. The van der Waals surface area contributed by atoms with Gasteiger partial charge in [0.2, 0.25) is 5.91 Å². The van der Waals surface area contributed by atoms with Crippen LogP contribution in [0.1, 0.15) is 43.9 Å². The van der Waals surface area contributed by atoms with E-state index in [-0.39, 0.29) is 23.8 Å². The van der Waals surface area contributed by atoms with E-state index in [2.05, 4.69) is 5.32 Å². The molecule has 0 fully saturated rings. The average molecular weight is 374 g/mol. The molecule has 1 N–H and O–H groups in total. The van der Waals surface area contributed by atoms with Crippen molar-refractivity contribution in [2.24, 2.45) is 5.92 Å². The highest BCUT2D eigenvalue weighted by Gasteiger charge is 2.26. The molecule has 138 valence electrons. The lowest BCUT2D eigenvalue weighted by Crippen LogP contribution is -2.34. The number of hydrogen-bond donors (Lipinski definition) is 1. The van der Waals surface area contributed by atoms with Gasteiger partial charge in [-0.25, -0.2) is 0 Å². The largest absolute Gasteiger partial charge is 0.486 e. The maximum Gasteiger partial charge on any atom is 0.228 e. The third-order valence-electron chi connectivity index (χ3n) is 4.60.